The Kier molecular flexibility index (Phi) is 5.09. The minimum absolute atomic E-state index is 0.190. The van der Waals surface area contributed by atoms with Gasteiger partial charge in [-0.3, -0.25) is 34.1 Å². The molecule has 1 aromatic carbocycles. The normalized spacial score (nSPS) is 20.6. The van der Waals surface area contributed by atoms with Gasteiger partial charge in [0.05, 0.1) is 17.8 Å². The third kappa shape index (κ3) is 3.56. The molecule has 3 aromatic rings. The number of likely N-dealkylation sites (tertiary alicyclic amines) is 1. The number of hydrogen-bond donors (Lipinski definition) is 1. The van der Waals surface area contributed by atoms with Crippen LogP contribution in [0.25, 0.3) is 10.8 Å². The molecule has 0 spiro atoms. The second kappa shape index (κ2) is 8.30. The third-order valence-electron chi connectivity index (χ3n) is 7.25. The van der Waals surface area contributed by atoms with Crippen LogP contribution in [0.15, 0.2) is 36.8 Å². The van der Waals surface area contributed by atoms with Crippen LogP contribution in [0.2, 0.25) is 0 Å². The largest absolute Gasteiger partial charge is 0.345 e. The van der Waals surface area contributed by atoms with Gasteiger partial charge in [-0.05, 0) is 41.8 Å². The van der Waals surface area contributed by atoms with E-state index in [0.29, 0.717) is 17.8 Å². The summed E-state index contributed by atoms with van der Waals surface area (Å²) in [6, 6.07) is 5.10. The number of carbonyl (C=O) groups is 4. The standard InChI is InChI=1S/C25H24N6O4/c32-14-29-8-6-17(7-9-29)30-13-15(11-27-30)10-16-12-26-23-22-18(16)2-1-3-19(22)25(35)31(23)20-4-5-21(33)28-24(20)34/h1-3,11-14,17,20H,4-10H2,(H,28,33,34). The molecule has 2 aromatic heterocycles. The van der Waals surface area contributed by atoms with E-state index in [1.165, 1.54) is 4.90 Å². The van der Waals surface area contributed by atoms with Gasteiger partial charge in [0.2, 0.25) is 18.2 Å². The van der Waals surface area contributed by atoms with Gasteiger partial charge in [-0.1, -0.05) is 12.1 Å². The SMILES string of the molecule is O=CN1CCC(n2cc(Cc3cnc4c5c(cccc35)C(=O)N4C3CCC(=O)NC3=O)cn2)CC1. The van der Waals surface area contributed by atoms with Crippen molar-refractivity contribution in [1.29, 1.82) is 0 Å². The maximum atomic E-state index is 13.3. The number of aromatic nitrogens is 3. The molecule has 1 atom stereocenters. The molecule has 0 aliphatic carbocycles. The molecule has 1 unspecified atom stereocenters. The second-order valence-corrected chi connectivity index (χ2v) is 9.36. The van der Waals surface area contributed by atoms with Gasteiger partial charge in [0, 0.05) is 43.7 Å². The Morgan fingerprint density at radius 2 is 1.91 bits per heavy atom. The monoisotopic (exact) mass is 472 g/mol. The summed E-state index contributed by atoms with van der Waals surface area (Å²) in [5.74, 6) is -0.581. The first kappa shape index (κ1) is 21.5. The summed E-state index contributed by atoms with van der Waals surface area (Å²) in [5, 5.41) is 8.57. The molecule has 2 saturated heterocycles. The third-order valence-corrected chi connectivity index (χ3v) is 7.25. The lowest BCUT2D eigenvalue weighted by Gasteiger charge is -2.29. The number of amides is 4. The summed E-state index contributed by atoms with van der Waals surface area (Å²) in [6.45, 7) is 1.47. The Hall–Kier alpha value is -4.08. The highest BCUT2D eigenvalue weighted by atomic mass is 16.2. The molecular weight excluding hydrogens is 448 g/mol. The molecule has 3 aliphatic rings. The summed E-state index contributed by atoms with van der Waals surface area (Å²) < 4.78 is 1.99. The predicted molar refractivity (Wildman–Crippen MR) is 126 cm³/mol. The van der Waals surface area contributed by atoms with E-state index < -0.39 is 11.9 Å². The molecule has 10 nitrogen and oxygen atoms in total. The maximum absolute atomic E-state index is 13.3. The minimum Gasteiger partial charge on any atom is -0.345 e. The Morgan fingerprint density at radius 1 is 1.09 bits per heavy atom. The number of nitrogens with zero attached hydrogens (tertiary/aromatic N) is 5. The van der Waals surface area contributed by atoms with Crippen molar-refractivity contribution < 1.29 is 19.2 Å². The highest BCUT2D eigenvalue weighted by Gasteiger charge is 2.41. The van der Waals surface area contributed by atoms with E-state index in [9.17, 15) is 19.2 Å². The van der Waals surface area contributed by atoms with Crippen LogP contribution in [0, 0.1) is 0 Å². The van der Waals surface area contributed by atoms with Crippen LogP contribution in [0.1, 0.15) is 53.2 Å². The number of anilines is 1. The zero-order valence-corrected chi connectivity index (χ0v) is 19.0. The minimum atomic E-state index is -0.752. The van der Waals surface area contributed by atoms with E-state index in [1.807, 2.05) is 29.2 Å². The Bertz CT molecular complexity index is 1370. The van der Waals surface area contributed by atoms with Crippen LogP contribution in [-0.2, 0) is 20.8 Å². The summed E-state index contributed by atoms with van der Waals surface area (Å²) in [6.07, 6.45) is 9.39. The number of piperidine rings is 2. The average molecular weight is 473 g/mol. The summed E-state index contributed by atoms with van der Waals surface area (Å²) in [5.41, 5.74) is 2.53. The first-order valence-corrected chi connectivity index (χ1v) is 11.8. The number of benzene rings is 1. The van der Waals surface area contributed by atoms with Crippen molar-refractivity contribution in [2.75, 3.05) is 18.0 Å². The van der Waals surface area contributed by atoms with Crippen LogP contribution in [0.3, 0.4) is 0 Å². The molecule has 3 aliphatic heterocycles. The van der Waals surface area contributed by atoms with Crippen LogP contribution in [0.5, 0.6) is 0 Å². The smallest absolute Gasteiger partial charge is 0.260 e. The predicted octanol–water partition coefficient (Wildman–Crippen LogP) is 1.58. The lowest BCUT2D eigenvalue weighted by Crippen LogP contribution is -2.53. The van der Waals surface area contributed by atoms with Gasteiger partial charge in [-0.15, -0.1) is 0 Å². The van der Waals surface area contributed by atoms with E-state index >= 15 is 0 Å². The van der Waals surface area contributed by atoms with Crippen molar-refractivity contribution in [1.82, 2.24) is 25.0 Å². The first-order chi connectivity index (χ1) is 17.0. The van der Waals surface area contributed by atoms with Gasteiger partial charge in [0.15, 0.2) is 0 Å². The zero-order chi connectivity index (χ0) is 24.1. The van der Waals surface area contributed by atoms with Crippen LogP contribution < -0.4 is 10.2 Å². The quantitative estimate of drug-likeness (QED) is 0.445. The molecule has 178 valence electrons. The highest BCUT2D eigenvalue weighted by molar-refractivity contribution is 6.26. The number of pyridine rings is 1. The average Bonchev–Trinajstić information content (AvgIpc) is 3.45. The van der Waals surface area contributed by atoms with Crippen molar-refractivity contribution in [3.05, 3.63) is 53.5 Å². The topological polar surface area (TPSA) is 118 Å². The van der Waals surface area contributed by atoms with Gasteiger partial charge >= 0.3 is 0 Å². The lowest BCUT2D eigenvalue weighted by atomic mass is 10.00. The number of hydrogen-bond acceptors (Lipinski definition) is 6. The van der Waals surface area contributed by atoms with Crippen molar-refractivity contribution in [3.8, 4) is 0 Å². The Morgan fingerprint density at radius 3 is 2.69 bits per heavy atom. The highest BCUT2D eigenvalue weighted by Crippen LogP contribution is 2.39. The first-order valence-electron chi connectivity index (χ1n) is 11.8. The number of nitrogens with one attached hydrogen (secondary N) is 1. The van der Waals surface area contributed by atoms with Gasteiger partial charge in [-0.2, -0.15) is 5.10 Å². The van der Waals surface area contributed by atoms with Crippen molar-refractivity contribution in [3.63, 3.8) is 0 Å². The van der Waals surface area contributed by atoms with Gasteiger partial charge in [-0.25, -0.2) is 4.98 Å². The lowest BCUT2D eigenvalue weighted by molar-refractivity contribution is -0.134. The van der Waals surface area contributed by atoms with Crippen LogP contribution >= 0.6 is 0 Å². The van der Waals surface area contributed by atoms with E-state index in [1.54, 1.807) is 17.2 Å². The fourth-order valence-electron chi connectivity index (χ4n) is 5.42. The Balaban J connectivity index is 1.29. The number of imide groups is 1. The molecule has 0 radical (unpaired) electrons. The molecule has 5 heterocycles. The molecule has 0 saturated carbocycles. The molecule has 35 heavy (non-hydrogen) atoms. The summed E-state index contributed by atoms with van der Waals surface area (Å²) in [7, 11) is 0. The van der Waals surface area contributed by atoms with Crippen molar-refractivity contribution in [2.24, 2.45) is 0 Å². The van der Waals surface area contributed by atoms with Gasteiger partial charge in [0.25, 0.3) is 5.91 Å². The molecule has 0 bridgehead atoms. The zero-order valence-electron chi connectivity index (χ0n) is 19.0. The van der Waals surface area contributed by atoms with Crippen molar-refractivity contribution in [2.45, 2.75) is 44.2 Å². The fraction of sp³-hybridized carbons (Fsp3) is 0.360. The van der Waals surface area contributed by atoms with E-state index in [-0.39, 0.29) is 30.7 Å². The van der Waals surface area contributed by atoms with Gasteiger partial charge < -0.3 is 4.90 Å². The summed E-state index contributed by atoms with van der Waals surface area (Å²) >= 11 is 0. The van der Waals surface area contributed by atoms with Crippen molar-refractivity contribution >= 4 is 40.7 Å². The van der Waals surface area contributed by atoms with E-state index in [2.05, 4.69) is 15.4 Å². The molecule has 1 N–H and O–H groups in total. The van der Waals surface area contributed by atoms with Crippen LogP contribution in [-0.4, -0.2) is 62.9 Å². The van der Waals surface area contributed by atoms with Gasteiger partial charge in [0.1, 0.15) is 11.9 Å². The summed E-state index contributed by atoms with van der Waals surface area (Å²) in [4.78, 5) is 56.2. The van der Waals surface area contributed by atoms with E-state index in [4.69, 9.17) is 0 Å². The maximum Gasteiger partial charge on any atom is 0.260 e. The molecule has 6 rings (SSSR count). The molecular formula is C25H24N6O4. The molecule has 4 amide bonds. The Labute approximate surface area is 200 Å². The van der Waals surface area contributed by atoms with E-state index in [0.717, 1.165) is 54.2 Å². The second-order valence-electron chi connectivity index (χ2n) is 9.36. The fourth-order valence-corrected chi connectivity index (χ4v) is 5.42. The molecule has 2 fully saturated rings. The molecule has 10 heteroatoms. The van der Waals surface area contributed by atoms with Crippen LogP contribution in [0.4, 0.5) is 5.82 Å². The number of carbonyl (C=O) groups excluding carboxylic acids is 4. The number of rotatable bonds is 5.